The van der Waals surface area contributed by atoms with Crippen LogP contribution in [0, 0.1) is 0 Å². The second-order valence-corrected chi connectivity index (χ2v) is 14.1. The molecule has 4 heteroatoms. The molecule has 3 heterocycles. The smallest absolute Gasteiger partial charge is 0.161 e. The molecule has 56 heavy (non-hydrogen) atoms. The Morgan fingerprint density at radius 1 is 0.304 bits per heavy atom. The summed E-state index contributed by atoms with van der Waals surface area (Å²) < 4.78 is 13.2. The summed E-state index contributed by atoms with van der Waals surface area (Å²) >= 11 is 0. The summed E-state index contributed by atoms with van der Waals surface area (Å²) in [5.41, 5.74) is 14.2. The van der Waals surface area contributed by atoms with Gasteiger partial charge in [0.15, 0.2) is 5.82 Å². The third kappa shape index (κ3) is 5.31. The van der Waals surface area contributed by atoms with Gasteiger partial charge in [-0.15, -0.1) is 0 Å². The third-order valence-electron chi connectivity index (χ3n) is 10.7. The molecule has 11 rings (SSSR count). The van der Waals surface area contributed by atoms with E-state index in [9.17, 15) is 0 Å². The van der Waals surface area contributed by atoms with Gasteiger partial charge in [0.2, 0.25) is 0 Å². The molecular formula is C52H32N2O2. The van der Waals surface area contributed by atoms with Gasteiger partial charge in [-0.25, -0.2) is 9.97 Å². The van der Waals surface area contributed by atoms with Gasteiger partial charge in [-0.3, -0.25) is 0 Å². The third-order valence-corrected chi connectivity index (χ3v) is 10.7. The highest BCUT2D eigenvalue weighted by Crippen LogP contribution is 2.43. The average molecular weight is 717 g/mol. The quantitative estimate of drug-likeness (QED) is 0.172. The summed E-state index contributed by atoms with van der Waals surface area (Å²) in [6, 6.07) is 67.3. The Balaban J connectivity index is 1.19. The second kappa shape index (κ2) is 13.1. The van der Waals surface area contributed by atoms with Gasteiger partial charge in [-0.1, -0.05) is 158 Å². The van der Waals surface area contributed by atoms with Gasteiger partial charge in [0.25, 0.3) is 0 Å². The molecule has 0 bridgehead atoms. The number of rotatable bonds is 6. The molecule has 0 atom stereocenters. The lowest BCUT2D eigenvalue weighted by molar-refractivity contribution is 0.669. The zero-order chi connectivity index (χ0) is 37.0. The van der Waals surface area contributed by atoms with Crippen LogP contribution < -0.4 is 0 Å². The van der Waals surface area contributed by atoms with Crippen LogP contribution in [0.25, 0.3) is 111 Å². The number of furan rings is 2. The van der Waals surface area contributed by atoms with E-state index >= 15 is 0 Å². The predicted molar refractivity (Wildman–Crippen MR) is 229 cm³/mol. The summed E-state index contributed by atoms with van der Waals surface area (Å²) in [6.45, 7) is 0. The topological polar surface area (TPSA) is 52.1 Å². The van der Waals surface area contributed by atoms with E-state index in [1.54, 1.807) is 0 Å². The molecule has 0 saturated heterocycles. The molecule has 0 spiro atoms. The Labute approximate surface area is 323 Å². The maximum Gasteiger partial charge on any atom is 0.161 e. The van der Waals surface area contributed by atoms with Gasteiger partial charge in [-0.05, 0) is 64.2 Å². The lowest BCUT2D eigenvalue weighted by Crippen LogP contribution is -1.99. The number of benzene rings is 8. The van der Waals surface area contributed by atoms with Gasteiger partial charge in [0.1, 0.15) is 22.3 Å². The minimum atomic E-state index is 0.610. The highest BCUT2D eigenvalue weighted by Gasteiger charge is 2.22. The SMILES string of the molecule is c1ccc(-c2cccc(-c3cccc(-c4nc(-c5cccc6c5oc5ccccc56)cc(-c5cccc6c5oc5ccccc56)n4)c3-c3ccccc3)c2)cc1. The first-order valence-corrected chi connectivity index (χ1v) is 18.8. The van der Waals surface area contributed by atoms with E-state index in [4.69, 9.17) is 18.8 Å². The lowest BCUT2D eigenvalue weighted by Gasteiger charge is -2.17. The van der Waals surface area contributed by atoms with E-state index < -0.39 is 0 Å². The predicted octanol–water partition coefficient (Wildman–Crippen LogP) is 14.3. The molecule has 4 nitrogen and oxygen atoms in total. The summed E-state index contributed by atoms with van der Waals surface area (Å²) in [6.07, 6.45) is 0. The van der Waals surface area contributed by atoms with Crippen molar-refractivity contribution in [3.63, 3.8) is 0 Å². The van der Waals surface area contributed by atoms with E-state index in [0.29, 0.717) is 5.82 Å². The zero-order valence-electron chi connectivity index (χ0n) is 30.2. The van der Waals surface area contributed by atoms with Crippen molar-refractivity contribution < 1.29 is 8.83 Å². The van der Waals surface area contributed by atoms with Gasteiger partial charge < -0.3 is 8.83 Å². The molecule has 0 N–H and O–H groups in total. The largest absolute Gasteiger partial charge is 0.455 e. The maximum absolute atomic E-state index is 6.58. The lowest BCUT2D eigenvalue weighted by atomic mass is 9.89. The van der Waals surface area contributed by atoms with Gasteiger partial charge in [0, 0.05) is 43.8 Å². The van der Waals surface area contributed by atoms with Crippen molar-refractivity contribution in [2.24, 2.45) is 0 Å². The second-order valence-electron chi connectivity index (χ2n) is 14.1. The van der Waals surface area contributed by atoms with Crippen LogP contribution in [0.5, 0.6) is 0 Å². The maximum atomic E-state index is 6.58. The summed E-state index contributed by atoms with van der Waals surface area (Å²) in [5.74, 6) is 0.610. The first-order chi connectivity index (χ1) is 27.8. The van der Waals surface area contributed by atoms with E-state index in [0.717, 1.165) is 99.8 Å². The number of hydrogen-bond acceptors (Lipinski definition) is 4. The molecule has 0 unspecified atom stereocenters. The molecule has 0 aliphatic rings. The molecule has 0 fully saturated rings. The number of aromatic nitrogens is 2. The van der Waals surface area contributed by atoms with Crippen LogP contribution in [0.4, 0.5) is 0 Å². The Morgan fingerprint density at radius 3 is 1.38 bits per heavy atom. The fourth-order valence-electron chi connectivity index (χ4n) is 8.13. The first kappa shape index (κ1) is 31.9. The van der Waals surface area contributed by atoms with Gasteiger partial charge >= 0.3 is 0 Å². The highest BCUT2D eigenvalue weighted by molar-refractivity contribution is 6.11. The van der Waals surface area contributed by atoms with Crippen molar-refractivity contribution in [1.29, 1.82) is 0 Å². The molecule has 0 radical (unpaired) electrons. The number of hydrogen-bond donors (Lipinski definition) is 0. The normalized spacial score (nSPS) is 11.6. The van der Waals surface area contributed by atoms with Crippen LogP contribution in [-0.4, -0.2) is 9.97 Å². The first-order valence-electron chi connectivity index (χ1n) is 18.8. The Hall–Kier alpha value is -7.56. The van der Waals surface area contributed by atoms with E-state index in [-0.39, 0.29) is 0 Å². The van der Waals surface area contributed by atoms with Crippen molar-refractivity contribution >= 4 is 43.9 Å². The summed E-state index contributed by atoms with van der Waals surface area (Å²) in [7, 11) is 0. The van der Waals surface area contributed by atoms with E-state index in [2.05, 4.69) is 158 Å². The number of fused-ring (bicyclic) bond motifs is 6. The molecule has 11 aromatic rings. The van der Waals surface area contributed by atoms with Crippen LogP contribution >= 0.6 is 0 Å². The summed E-state index contributed by atoms with van der Waals surface area (Å²) in [4.78, 5) is 10.9. The van der Waals surface area contributed by atoms with Crippen molar-refractivity contribution in [2.75, 3.05) is 0 Å². The average Bonchev–Trinajstić information content (AvgIpc) is 3.85. The Bertz CT molecular complexity index is 3120. The van der Waals surface area contributed by atoms with Gasteiger partial charge in [0.05, 0.1) is 11.4 Å². The minimum absolute atomic E-state index is 0.610. The van der Waals surface area contributed by atoms with E-state index in [1.165, 1.54) is 5.56 Å². The molecule has 3 aromatic heterocycles. The number of nitrogens with zero attached hydrogens (tertiary/aromatic N) is 2. The summed E-state index contributed by atoms with van der Waals surface area (Å²) in [5, 5.41) is 4.24. The monoisotopic (exact) mass is 716 g/mol. The minimum Gasteiger partial charge on any atom is -0.455 e. The van der Waals surface area contributed by atoms with Crippen molar-refractivity contribution in [1.82, 2.24) is 9.97 Å². The van der Waals surface area contributed by atoms with Crippen molar-refractivity contribution in [3.05, 3.63) is 194 Å². The van der Waals surface area contributed by atoms with Crippen LogP contribution in [0.15, 0.2) is 203 Å². The van der Waals surface area contributed by atoms with Crippen LogP contribution in [0.1, 0.15) is 0 Å². The molecule has 0 aliphatic carbocycles. The van der Waals surface area contributed by atoms with Crippen LogP contribution in [0.3, 0.4) is 0 Å². The van der Waals surface area contributed by atoms with Crippen molar-refractivity contribution in [2.45, 2.75) is 0 Å². The fourth-order valence-corrected chi connectivity index (χ4v) is 8.13. The van der Waals surface area contributed by atoms with Crippen molar-refractivity contribution in [3.8, 4) is 67.3 Å². The van der Waals surface area contributed by atoms with E-state index in [1.807, 2.05) is 36.4 Å². The fraction of sp³-hybridized carbons (Fsp3) is 0. The molecule has 0 aliphatic heterocycles. The van der Waals surface area contributed by atoms with Crippen LogP contribution in [-0.2, 0) is 0 Å². The highest BCUT2D eigenvalue weighted by atomic mass is 16.3. The number of para-hydroxylation sites is 4. The Kier molecular flexibility index (Phi) is 7.46. The Morgan fingerprint density at radius 2 is 0.750 bits per heavy atom. The molecule has 8 aromatic carbocycles. The van der Waals surface area contributed by atoms with Gasteiger partial charge in [-0.2, -0.15) is 0 Å². The zero-order valence-corrected chi connectivity index (χ0v) is 30.2. The molecule has 0 saturated carbocycles. The molecular weight excluding hydrogens is 685 g/mol. The standard InChI is InChI=1S/C52H32N2O2/c1-3-15-33(16-4-1)35-19-11-20-36(31-35)37-23-12-28-44(49(37)34-17-5-2-6-18-34)52-53-45(42-26-13-24-40-38-21-7-9-29-47(38)55-50(40)42)32-46(54-52)43-27-14-25-41-39-22-8-10-30-48(39)56-51(41)43/h1-32H. The molecule has 262 valence electrons. The van der Waals surface area contributed by atoms with Crippen LogP contribution in [0.2, 0.25) is 0 Å². The molecule has 0 amide bonds.